The summed E-state index contributed by atoms with van der Waals surface area (Å²) in [6.45, 7) is 15.3. The summed E-state index contributed by atoms with van der Waals surface area (Å²) in [4.78, 5) is 13.5. The average Bonchev–Trinajstić information content (AvgIpc) is 3.37. The van der Waals surface area contributed by atoms with E-state index in [1.165, 1.54) is 22.3 Å². The molecule has 0 heterocycles. The van der Waals surface area contributed by atoms with Gasteiger partial charge in [-0.2, -0.15) is 0 Å². The van der Waals surface area contributed by atoms with Gasteiger partial charge in [0.15, 0.2) is 16.6 Å². The summed E-state index contributed by atoms with van der Waals surface area (Å²) in [6, 6.07) is 38.5. The van der Waals surface area contributed by atoms with Crippen molar-refractivity contribution in [3.05, 3.63) is 148 Å². The molecule has 7 heteroatoms. The fraction of sp³-hybridized carbons (Fsp3) is 0.279. The zero-order valence-corrected chi connectivity index (χ0v) is 32.6. The summed E-state index contributed by atoms with van der Waals surface area (Å²) in [5, 5.41) is 0. The molecule has 0 aromatic heterocycles. The van der Waals surface area contributed by atoms with Crippen LogP contribution in [0.25, 0.3) is 11.1 Å². The van der Waals surface area contributed by atoms with Crippen LogP contribution in [0.4, 0.5) is 4.79 Å². The van der Waals surface area contributed by atoms with Crippen LogP contribution in [-0.2, 0) is 16.0 Å². The lowest BCUT2D eigenvalue weighted by Gasteiger charge is -2.34. The summed E-state index contributed by atoms with van der Waals surface area (Å²) >= 11 is 0. The lowest BCUT2D eigenvalue weighted by Crippen LogP contribution is -2.42. The molecule has 1 aliphatic rings. The summed E-state index contributed by atoms with van der Waals surface area (Å²) in [7, 11) is -1.67. The predicted molar refractivity (Wildman–Crippen MR) is 208 cm³/mol. The molecule has 0 bridgehead atoms. The van der Waals surface area contributed by atoms with Crippen LogP contribution in [0.1, 0.15) is 45.4 Å². The average molecular weight is 701 g/mol. The third kappa shape index (κ3) is 7.08. The maximum absolute atomic E-state index is 13.5. The van der Waals surface area contributed by atoms with Crippen LogP contribution in [0.5, 0.6) is 17.2 Å². The van der Waals surface area contributed by atoms with Crippen molar-refractivity contribution in [2.75, 3.05) is 7.11 Å². The lowest BCUT2D eigenvalue weighted by molar-refractivity contribution is 0.151. The molecular formula is C43H48O5Si2. The number of rotatable bonds is 11. The quantitative estimate of drug-likeness (QED) is 0.0765. The molecule has 0 atom stereocenters. The summed E-state index contributed by atoms with van der Waals surface area (Å²) < 4.78 is 24.3. The Hall–Kier alpha value is -4.44. The van der Waals surface area contributed by atoms with Crippen LogP contribution < -0.4 is 14.2 Å². The van der Waals surface area contributed by atoms with Crippen molar-refractivity contribution in [3.8, 4) is 28.4 Å². The van der Waals surface area contributed by atoms with Crippen molar-refractivity contribution in [2.45, 2.75) is 70.9 Å². The summed E-state index contributed by atoms with van der Waals surface area (Å²) in [5.41, 5.74) is 8.97. The van der Waals surface area contributed by atoms with Gasteiger partial charge in [0.05, 0.1) is 12.5 Å². The molecule has 0 N–H and O–H groups in total. The molecule has 1 aliphatic carbocycles. The number of carbonyl (C=O) groups excluding carboxylic acids is 1. The number of hydrogen-bond donors (Lipinski definition) is 0. The highest BCUT2D eigenvalue weighted by atomic mass is 28.4. The van der Waals surface area contributed by atoms with Gasteiger partial charge in [0.1, 0.15) is 17.2 Å². The van der Waals surface area contributed by atoms with Gasteiger partial charge in [-0.05, 0) is 134 Å². The highest BCUT2D eigenvalue weighted by molar-refractivity contribution is 6.84. The van der Waals surface area contributed by atoms with E-state index >= 15 is 0 Å². The predicted octanol–water partition coefficient (Wildman–Crippen LogP) is 11.2. The third-order valence-electron chi connectivity index (χ3n) is 9.58. The maximum atomic E-state index is 13.5. The molecular weight excluding hydrogens is 653 g/mol. The van der Waals surface area contributed by atoms with Gasteiger partial charge in [0, 0.05) is 0 Å². The van der Waals surface area contributed by atoms with Gasteiger partial charge in [-0.3, -0.25) is 0 Å². The molecule has 0 saturated carbocycles. The highest BCUT2D eigenvalue weighted by Crippen LogP contribution is 2.57. The topological polar surface area (TPSA) is 54.0 Å². The van der Waals surface area contributed by atoms with Gasteiger partial charge in [-0.25, -0.2) is 4.79 Å². The van der Waals surface area contributed by atoms with E-state index in [0.717, 1.165) is 52.5 Å². The first kappa shape index (κ1) is 35.4. The first-order valence-electron chi connectivity index (χ1n) is 17.5. The minimum Gasteiger partial charge on any atom is -0.496 e. The van der Waals surface area contributed by atoms with Crippen molar-refractivity contribution < 1.29 is 23.1 Å². The number of hydrogen-bond acceptors (Lipinski definition) is 5. The number of carbonyl (C=O) groups is 1. The fourth-order valence-corrected chi connectivity index (χ4v) is 15.7. The molecule has 5 aromatic rings. The second-order valence-electron chi connectivity index (χ2n) is 14.9. The Kier molecular flexibility index (Phi) is 9.95. The Morgan fingerprint density at radius 3 is 1.76 bits per heavy atom. The lowest BCUT2D eigenvalue weighted by atomic mass is 9.67. The van der Waals surface area contributed by atoms with E-state index in [1.807, 2.05) is 43.3 Å². The highest BCUT2D eigenvalue weighted by Gasteiger charge is 2.46. The Morgan fingerprint density at radius 1 is 0.640 bits per heavy atom. The number of ether oxygens (including phenoxy) is 3. The van der Waals surface area contributed by atoms with Crippen molar-refractivity contribution in [1.29, 1.82) is 0 Å². The van der Waals surface area contributed by atoms with E-state index in [9.17, 15) is 4.79 Å². The molecule has 258 valence electrons. The monoisotopic (exact) mass is 700 g/mol. The second-order valence-corrected chi connectivity index (χ2v) is 24.0. The number of methoxy groups -OCH3 is 1. The molecule has 50 heavy (non-hydrogen) atoms. The number of benzene rings is 5. The number of para-hydroxylation sites is 1. The van der Waals surface area contributed by atoms with E-state index in [-0.39, 0.29) is 0 Å². The zero-order chi connectivity index (χ0) is 35.7. The van der Waals surface area contributed by atoms with E-state index in [2.05, 4.69) is 112 Å². The van der Waals surface area contributed by atoms with E-state index in [0.29, 0.717) is 11.5 Å². The van der Waals surface area contributed by atoms with Gasteiger partial charge in [0.2, 0.25) is 0 Å². The third-order valence-corrected chi connectivity index (χ3v) is 15.8. The summed E-state index contributed by atoms with van der Waals surface area (Å²) in [6.07, 6.45) is 1.01. The van der Waals surface area contributed by atoms with Crippen LogP contribution in [0.2, 0.25) is 38.8 Å². The van der Waals surface area contributed by atoms with Crippen LogP contribution >= 0.6 is 0 Å². The molecule has 0 radical (unpaired) electrons. The van der Waals surface area contributed by atoms with E-state index in [4.69, 9.17) is 18.3 Å². The van der Waals surface area contributed by atoms with Crippen LogP contribution in [0, 0.1) is 13.8 Å². The zero-order valence-electron chi connectivity index (χ0n) is 30.6. The first-order chi connectivity index (χ1) is 23.8. The molecule has 0 saturated heterocycles. The molecule has 5 aromatic carbocycles. The van der Waals surface area contributed by atoms with Crippen molar-refractivity contribution in [1.82, 2.24) is 0 Å². The maximum Gasteiger partial charge on any atom is 0.519 e. The van der Waals surface area contributed by atoms with E-state index in [1.54, 1.807) is 7.11 Å². The first-order valence-corrected chi connectivity index (χ1v) is 24.0. The smallest absolute Gasteiger partial charge is 0.496 e. The second kappa shape index (κ2) is 14.1. The molecule has 5 nitrogen and oxygen atoms in total. The largest absolute Gasteiger partial charge is 0.519 e. The van der Waals surface area contributed by atoms with Gasteiger partial charge in [-0.1, -0.05) is 91.0 Å². The minimum absolute atomic E-state index is 0.460. The van der Waals surface area contributed by atoms with Gasteiger partial charge in [0.25, 0.3) is 0 Å². The van der Waals surface area contributed by atoms with Crippen LogP contribution in [0.3, 0.4) is 0 Å². The molecule has 0 amide bonds. The summed E-state index contributed by atoms with van der Waals surface area (Å²) in [5.74, 6) is 1.81. The van der Waals surface area contributed by atoms with Gasteiger partial charge < -0.3 is 18.3 Å². The van der Waals surface area contributed by atoms with Crippen molar-refractivity contribution in [3.63, 3.8) is 0 Å². The SMILES string of the molecule is COc1cc(C2(c3ccc(C)c(OC(=O)Oc4ccccc4CCC[Si](C)(C)O[Si](C)(C)C)c3)c3ccccc3-c3ccccc32)ccc1C. The molecule has 0 spiro atoms. The molecule has 0 unspecified atom stereocenters. The molecule has 0 aliphatic heterocycles. The Labute approximate surface area is 299 Å². The Balaban J connectivity index is 1.33. The number of aryl methyl sites for hydroxylation is 3. The normalized spacial score (nSPS) is 13.4. The standard InChI is InChI=1S/C43H48O5Si2/c1-30-23-25-33(28-40(30)45-3)43(37-20-12-10-18-35(37)36-19-11-13-21-38(36)43)34-26-24-31(2)41(29-34)47-42(44)46-39-22-14-9-16-32(39)17-15-27-50(7,8)48-49(4,5)6/h9-14,16,18-26,28-29H,15,17,27H2,1-8H3. The molecule has 6 rings (SSSR count). The Bertz CT molecular complexity index is 1980. The van der Waals surface area contributed by atoms with E-state index < -0.39 is 28.2 Å². The number of fused-ring (bicyclic) bond motifs is 3. The minimum atomic E-state index is -1.78. The van der Waals surface area contributed by atoms with Crippen LogP contribution in [0.15, 0.2) is 109 Å². The molecule has 0 fully saturated rings. The van der Waals surface area contributed by atoms with Gasteiger partial charge >= 0.3 is 6.16 Å². The van der Waals surface area contributed by atoms with Crippen LogP contribution in [-0.4, -0.2) is 29.9 Å². The van der Waals surface area contributed by atoms with Gasteiger partial charge in [-0.15, -0.1) is 0 Å². The fourth-order valence-electron chi connectivity index (χ4n) is 7.62. The van der Waals surface area contributed by atoms with Crippen molar-refractivity contribution >= 4 is 22.8 Å². The Morgan fingerprint density at radius 2 is 1.16 bits per heavy atom. The van der Waals surface area contributed by atoms with Crippen molar-refractivity contribution in [2.24, 2.45) is 0 Å².